The minimum atomic E-state index is -0.425. The Morgan fingerprint density at radius 2 is 1.97 bits per heavy atom. The van der Waals surface area contributed by atoms with E-state index in [2.05, 4.69) is 34.5 Å². The number of benzene rings is 1. The molecule has 4 rings (SSSR count). The van der Waals surface area contributed by atoms with E-state index in [4.69, 9.17) is 0 Å². The molecule has 3 heterocycles. The van der Waals surface area contributed by atoms with Crippen LogP contribution in [0.5, 0.6) is 0 Å². The van der Waals surface area contributed by atoms with E-state index >= 15 is 0 Å². The standard InChI is InChI=1S/C22H30N6O3/c1-14(2)27-8-10-28(11-9-27)20(30)13-23-15-4-5-16-18(12-15)26(3)25-21(16)17-6-7-19(29)24-22(17)31/h4-5,12,14,17,23H,6-11,13H2,1-3H3,(H,24,29,31). The van der Waals surface area contributed by atoms with Gasteiger partial charge >= 0.3 is 0 Å². The molecule has 1 aromatic carbocycles. The number of hydrogen-bond acceptors (Lipinski definition) is 6. The van der Waals surface area contributed by atoms with Crippen molar-refractivity contribution in [2.24, 2.45) is 7.05 Å². The quantitative estimate of drug-likeness (QED) is 0.694. The van der Waals surface area contributed by atoms with Crippen molar-refractivity contribution in [3.63, 3.8) is 0 Å². The minimum Gasteiger partial charge on any atom is -0.376 e. The van der Waals surface area contributed by atoms with Crippen molar-refractivity contribution in [1.29, 1.82) is 0 Å². The van der Waals surface area contributed by atoms with Crippen LogP contribution < -0.4 is 10.6 Å². The molecule has 1 unspecified atom stereocenters. The molecule has 0 aliphatic carbocycles. The fourth-order valence-electron chi connectivity index (χ4n) is 4.38. The van der Waals surface area contributed by atoms with E-state index in [1.807, 2.05) is 30.1 Å². The Morgan fingerprint density at radius 1 is 1.23 bits per heavy atom. The lowest BCUT2D eigenvalue weighted by Gasteiger charge is -2.37. The van der Waals surface area contributed by atoms with Gasteiger partial charge in [0, 0.05) is 56.8 Å². The average molecular weight is 427 g/mol. The van der Waals surface area contributed by atoms with Crippen LogP contribution in [0.2, 0.25) is 0 Å². The highest BCUT2D eigenvalue weighted by atomic mass is 16.2. The van der Waals surface area contributed by atoms with Crippen LogP contribution in [0.4, 0.5) is 5.69 Å². The first-order chi connectivity index (χ1) is 14.8. The number of rotatable bonds is 5. The maximum atomic E-state index is 12.6. The second-order valence-corrected chi connectivity index (χ2v) is 8.61. The Morgan fingerprint density at radius 3 is 2.65 bits per heavy atom. The number of piperidine rings is 1. The highest BCUT2D eigenvalue weighted by molar-refractivity contribution is 6.02. The van der Waals surface area contributed by atoms with Crippen molar-refractivity contribution < 1.29 is 14.4 Å². The van der Waals surface area contributed by atoms with E-state index in [0.29, 0.717) is 24.6 Å². The SMILES string of the molecule is CC(C)N1CCN(C(=O)CNc2ccc3c(C4CCC(=O)NC4=O)nn(C)c3c2)CC1. The first-order valence-corrected chi connectivity index (χ1v) is 10.9. The molecular formula is C22H30N6O3. The fraction of sp³-hybridized carbons (Fsp3) is 0.545. The van der Waals surface area contributed by atoms with Crippen LogP contribution in [0.3, 0.4) is 0 Å². The van der Waals surface area contributed by atoms with Crippen molar-refractivity contribution in [2.75, 3.05) is 38.0 Å². The number of nitrogens with one attached hydrogen (secondary N) is 2. The molecule has 31 heavy (non-hydrogen) atoms. The molecule has 9 heteroatoms. The van der Waals surface area contributed by atoms with Gasteiger partial charge in [-0.3, -0.25) is 29.3 Å². The van der Waals surface area contributed by atoms with E-state index in [1.165, 1.54) is 0 Å². The van der Waals surface area contributed by atoms with Crippen molar-refractivity contribution >= 4 is 34.3 Å². The summed E-state index contributed by atoms with van der Waals surface area (Å²) in [6.45, 7) is 7.94. The predicted octanol–water partition coefficient (Wildman–Crippen LogP) is 1.06. The van der Waals surface area contributed by atoms with Gasteiger partial charge in [-0.1, -0.05) is 0 Å². The summed E-state index contributed by atoms with van der Waals surface area (Å²) < 4.78 is 1.74. The van der Waals surface area contributed by atoms with Gasteiger partial charge < -0.3 is 10.2 Å². The molecule has 0 saturated carbocycles. The number of fused-ring (bicyclic) bond motifs is 1. The van der Waals surface area contributed by atoms with Crippen LogP contribution in [0, 0.1) is 0 Å². The summed E-state index contributed by atoms with van der Waals surface area (Å²) in [4.78, 5) is 40.6. The number of aromatic nitrogens is 2. The van der Waals surface area contributed by atoms with Crippen molar-refractivity contribution in [3.05, 3.63) is 23.9 Å². The maximum absolute atomic E-state index is 12.6. The van der Waals surface area contributed by atoms with Gasteiger partial charge in [0.1, 0.15) is 0 Å². The summed E-state index contributed by atoms with van der Waals surface area (Å²) in [5.41, 5.74) is 2.40. The molecule has 2 saturated heterocycles. The van der Waals surface area contributed by atoms with Crippen molar-refractivity contribution in [2.45, 2.75) is 38.6 Å². The van der Waals surface area contributed by atoms with Crippen LogP contribution >= 0.6 is 0 Å². The van der Waals surface area contributed by atoms with E-state index in [0.717, 1.165) is 42.8 Å². The molecule has 166 valence electrons. The summed E-state index contributed by atoms with van der Waals surface area (Å²) in [5.74, 6) is -0.853. The molecule has 2 fully saturated rings. The van der Waals surface area contributed by atoms with Gasteiger partial charge in [0.2, 0.25) is 17.7 Å². The second kappa shape index (κ2) is 8.66. The third-order valence-electron chi connectivity index (χ3n) is 6.29. The Kier molecular flexibility index (Phi) is 5.95. The van der Waals surface area contributed by atoms with Crippen LogP contribution in [-0.2, 0) is 21.4 Å². The van der Waals surface area contributed by atoms with E-state index in [1.54, 1.807) is 4.68 Å². The molecular weight excluding hydrogens is 396 g/mol. The number of carbonyl (C=O) groups is 3. The molecule has 2 aliphatic rings. The van der Waals surface area contributed by atoms with Gasteiger partial charge in [-0.25, -0.2) is 0 Å². The van der Waals surface area contributed by atoms with Crippen LogP contribution in [0.1, 0.15) is 38.3 Å². The highest BCUT2D eigenvalue weighted by Gasteiger charge is 2.31. The average Bonchev–Trinajstić information content (AvgIpc) is 3.08. The van der Waals surface area contributed by atoms with Gasteiger partial charge in [-0.05, 0) is 38.5 Å². The van der Waals surface area contributed by atoms with Crippen molar-refractivity contribution in [3.8, 4) is 0 Å². The molecule has 1 aromatic heterocycles. The number of hydrogen-bond donors (Lipinski definition) is 2. The highest BCUT2D eigenvalue weighted by Crippen LogP contribution is 2.31. The number of carbonyl (C=O) groups excluding carboxylic acids is 3. The summed E-state index contributed by atoms with van der Waals surface area (Å²) in [6.07, 6.45) is 0.789. The Bertz CT molecular complexity index is 1010. The lowest BCUT2D eigenvalue weighted by Crippen LogP contribution is -2.51. The summed E-state index contributed by atoms with van der Waals surface area (Å²) in [6, 6.07) is 6.28. The van der Waals surface area contributed by atoms with E-state index in [9.17, 15) is 14.4 Å². The molecule has 2 N–H and O–H groups in total. The largest absolute Gasteiger partial charge is 0.376 e. The predicted molar refractivity (Wildman–Crippen MR) is 118 cm³/mol. The molecule has 2 aliphatic heterocycles. The molecule has 1 atom stereocenters. The van der Waals surface area contributed by atoms with E-state index in [-0.39, 0.29) is 24.3 Å². The summed E-state index contributed by atoms with van der Waals surface area (Å²) in [5, 5.41) is 11.1. The lowest BCUT2D eigenvalue weighted by molar-refractivity contribution is -0.134. The minimum absolute atomic E-state index is 0.0951. The third kappa shape index (κ3) is 4.41. The normalized spacial score (nSPS) is 20.4. The van der Waals surface area contributed by atoms with Gasteiger partial charge in [-0.2, -0.15) is 5.10 Å². The fourth-order valence-corrected chi connectivity index (χ4v) is 4.38. The van der Waals surface area contributed by atoms with Crippen LogP contribution in [0.25, 0.3) is 10.9 Å². The number of nitrogens with zero attached hydrogens (tertiary/aromatic N) is 4. The zero-order valence-corrected chi connectivity index (χ0v) is 18.4. The lowest BCUT2D eigenvalue weighted by atomic mass is 9.93. The topological polar surface area (TPSA) is 99.6 Å². The zero-order valence-electron chi connectivity index (χ0n) is 18.4. The monoisotopic (exact) mass is 426 g/mol. The smallest absolute Gasteiger partial charge is 0.241 e. The first-order valence-electron chi connectivity index (χ1n) is 10.9. The number of piperazine rings is 1. The second-order valence-electron chi connectivity index (χ2n) is 8.61. The number of anilines is 1. The maximum Gasteiger partial charge on any atom is 0.241 e. The molecule has 3 amide bonds. The number of imide groups is 1. The Labute approximate surface area is 181 Å². The van der Waals surface area contributed by atoms with Crippen LogP contribution in [0.15, 0.2) is 18.2 Å². The van der Waals surface area contributed by atoms with Gasteiger partial charge in [0.15, 0.2) is 0 Å². The van der Waals surface area contributed by atoms with Gasteiger partial charge in [-0.15, -0.1) is 0 Å². The molecule has 0 spiro atoms. The molecule has 9 nitrogen and oxygen atoms in total. The zero-order chi connectivity index (χ0) is 22.1. The molecule has 0 radical (unpaired) electrons. The Balaban J connectivity index is 1.42. The van der Waals surface area contributed by atoms with Crippen molar-refractivity contribution in [1.82, 2.24) is 24.9 Å². The van der Waals surface area contributed by atoms with Crippen LogP contribution in [-0.4, -0.2) is 76.1 Å². The summed E-state index contributed by atoms with van der Waals surface area (Å²) in [7, 11) is 1.83. The third-order valence-corrected chi connectivity index (χ3v) is 6.29. The van der Waals surface area contributed by atoms with Gasteiger partial charge in [0.05, 0.1) is 23.7 Å². The Hall–Kier alpha value is -2.94. The summed E-state index contributed by atoms with van der Waals surface area (Å²) >= 11 is 0. The first kappa shape index (κ1) is 21.3. The van der Waals surface area contributed by atoms with Gasteiger partial charge in [0.25, 0.3) is 0 Å². The van der Waals surface area contributed by atoms with E-state index < -0.39 is 5.92 Å². The number of aryl methyl sites for hydroxylation is 1. The molecule has 2 aromatic rings. The molecule has 0 bridgehead atoms. The number of amides is 3.